The van der Waals surface area contributed by atoms with Crippen LogP contribution in [0, 0.1) is 0 Å². The average Bonchev–Trinajstić information content (AvgIpc) is 2.04. The van der Waals surface area contributed by atoms with Crippen molar-refractivity contribution in [3.8, 4) is 5.75 Å². The van der Waals surface area contributed by atoms with E-state index in [1.807, 2.05) is 0 Å². The van der Waals surface area contributed by atoms with Gasteiger partial charge in [-0.2, -0.15) is 0 Å². The summed E-state index contributed by atoms with van der Waals surface area (Å²) in [7, 11) is 7.36. The van der Waals surface area contributed by atoms with Crippen molar-refractivity contribution in [3.63, 3.8) is 0 Å². The Hall–Kier alpha value is -0.420. The van der Waals surface area contributed by atoms with Crippen molar-refractivity contribution < 1.29 is 14.5 Å². The summed E-state index contributed by atoms with van der Waals surface area (Å²) in [5, 5.41) is 8.88. The van der Waals surface area contributed by atoms with E-state index in [4.69, 9.17) is 9.66 Å². The minimum absolute atomic E-state index is 0.0347. The zero-order valence-corrected chi connectivity index (χ0v) is 8.64. The van der Waals surface area contributed by atoms with E-state index in [0.717, 1.165) is 0 Å². The van der Waals surface area contributed by atoms with E-state index in [1.54, 1.807) is 18.2 Å². The molecule has 0 unspecified atom stereocenters. The molecule has 0 atom stereocenters. The number of aldehydes is 1. The fraction of sp³-hybridized carbons (Fsp3) is 0. The first kappa shape index (κ1) is 12.6. The van der Waals surface area contributed by atoms with E-state index in [1.165, 1.54) is 6.07 Å². The van der Waals surface area contributed by atoms with Gasteiger partial charge in [0.15, 0.2) is 37.3 Å². The molecule has 0 bridgehead atoms. The molecule has 0 aliphatic carbocycles. The van der Waals surface area contributed by atoms with Gasteiger partial charge in [-0.25, -0.2) is 0 Å². The summed E-state index contributed by atoms with van der Waals surface area (Å²) in [4.78, 5) is 10.1. The minimum Gasteiger partial charge on any atom is -0.582 e. The second-order valence-corrected chi connectivity index (χ2v) is 4.39. The van der Waals surface area contributed by atoms with Crippen LogP contribution in [0.15, 0.2) is 24.3 Å². The summed E-state index contributed by atoms with van der Waals surface area (Å²) < 4.78 is 9.09. The van der Waals surface area contributed by atoms with Gasteiger partial charge in [-0.15, -0.1) is 0 Å². The van der Waals surface area contributed by atoms with Crippen LogP contribution in [0.2, 0.25) is 0 Å². The standard InChI is InChI=1S/C7H6O2.Cl2OS/c8-5-6-3-1-2-4-7(6)9;1-4(2)3/h1-5,9H;. The first-order valence-electron chi connectivity index (χ1n) is 3.05. The molecule has 0 fully saturated rings. The van der Waals surface area contributed by atoms with Crippen molar-refractivity contribution in [1.82, 2.24) is 0 Å². The number of carbonyl (C=O) groups is 1. The number of hydrogen-bond acceptors (Lipinski definition) is 3. The molecular weight excluding hydrogens is 235 g/mol. The van der Waals surface area contributed by atoms with Gasteiger partial charge in [-0.3, -0.25) is 4.79 Å². The second kappa shape index (κ2) is 7.03. The van der Waals surface area contributed by atoms with Gasteiger partial charge in [0, 0.05) is 0 Å². The van der Waals surface area contributed by atoms with Crippen LogP contribution in [-0.2, 0) is 9.60 Å². The maximum absolute atomic E-state index is 10.1. The first-order valence-corrected chi connectivity index (χ1v) is 5.85. The Bertz CT molecular complexity index is 265. The summed E-state index contributed by atoms with van der Waals surface area (Å²) in [6.45, 7) is 0. The molecule has 13 heavy (non-hydrogen) atoms. The average molecular weight is 241 g/mol. The maximum Gasteiger partial charge on any atom is 0.198 e. The number of para-hydroxylation sites is 1. The molecule has 1 N–H and O–H groups in total. The number of benzene rings is 1. The van der Waals surface area contributed by atoms with E-state index < -0.39 is 9.60 Å². The minimum atomic E-state index is -1.67. The zero-order valence-electron chi connectivity index (χ0n) is 6.31. The van der Waals surface area contributed by atoms with Crippen LogP contribution < -0.4 is 0 Å². The molecule has 6 heteroatoms. The third-order valence-electron chi connectivity index (χ3n) is 1.06. The Morgan fingerprint density at radius 1 is 1.38 bits per heavy atom. The zero-order chi connectivity index (χ0) is 10.3. The van der Waals surface area contributed by atoms with Crippen LogP contribution in [0.4, 0.5) is 0 Å². The van der Waals surface area contributed by atoms with E-state index in [0.29, 0.717) is 11.8 Å². The Morgan fingerprint density at radius 2 is 1.85 bits per heavy atom. The number of rotatable bonds is 1. The summed E-state index contributed by atoms with van der Waals surface area (Å²) in [6, 6.07) is 6.40. The molecule has 1 aromatic carbocycles. The maximum atomic E-state index is 10.1. The largest absolute Gasteiger partial charge is 0.582 e. The molecule has 0 aliphatic rings. The molecule has 0 amide bonds. The number of halogens is 2. The van der Waals surface area contributed by atoms with Gasteiger partial charge in [-0.1, -0.05) is 12.1 Å². The van der Waals surface area contributed by atoms with Gasteiger partial charge in [0.05, 0.1) is 5.56 Å². The fourth-order valence-corrected chi connectivity index (χ4v) is 0.587. The van der Waals surface area contributed by atoms with E-state index in [-0.39, 0.29) is 5.75 Å². The lowest BCUT2D eigenvalue weighted by atomic mass is 10.2. The van der Waals surface area contributed by atoms with Gasteiger partial charge < -0.3 is 9.66 Å². The van der Waals surface area contributed by atoms with Crippen LogP contribution in [0.3, 0.4) is 0 Å². The molecule has 0 saturated heterocycles. The molecule has 0 spiro atoms. The number of hydrogen-bond donors (Lipinski definition) is 1. The van der Waals surface area contributed by atoms with Crippen molar-refractivity contribution in [2.75, 3.05) is 0 Å². The molecular formula is C7H6Cl2O3S. The van der Waals surface area contributed by atoms with Gasteiger partial charge >= 0.3 is 0 Å². The van der Waals surface area contributed by atoms with Crippen molar-refractivity contribution in [2.24, 2.45) is 0 Å². The summed E-state index contributed by atoms with van der Waals surface area (Å²) in [6.07, 6.45) is 0.620. The molecule has 3 nitrogen and oxygen atoms in total. The molecule has 0 radical (unpaired) electrons. The van der Waals surface area contributed by atoms with Crippen molar-refractivity contribution >= 4 is 37.3 Å². The number of aromatic hydroxyl groups is 1. The van der Waals surface area contributed by atoms with E-state index >= 15 is 0 Å². The van der Waals surface area contributed by atoms with Crippen LogP contribution in [-0.4, -0.2) is 15.9 Å². The Morgan fingerprint density at radius 3 is 2.15 bits per heavy atom. The van der Waals surface area contributed by atoms with Gasteiger partial charge in [0.25, 0.3) is 0 Å². The van der Waals surface area contributed by atoms with Crippen molar-refractivity contribution in [3.05, 3.63) is 29.8 Å². The first-order chi connectivity index (χ1) is 6.07. The van der Waals surface area contributed by atoms with Crippen LogP contribution in [0.25, 0.3) is 0 Å². The van der Waals surface area contributed by atoms with Crippen LogP contribution >= 0.6 is 21.4 Å². The smallest absolute Gasteiger partial charge is 0.198 e. The van der Waals surface area contributed by atoms with E-state index in [9.17, 15) is 4.79 Å². The predicted octanol–water partition coefficient (Wildman–Crippen LogP) is 2.25. The van der Waals surface area contributed by atoms with Gasteiger partial charge in [-0.05, 0) is 12.1 Å². The van der Waals surface area contributed by atoms with Crippen molar-refractivity contribution in [2.45, 2.75) is 0 Å². The molecule has 72 valence electrons. The van der Waals surface area contributed by atoms with E-state index in [2.05, 4.69) is 21.4 Å². The summed E-state index contributed by atoms with van der Waals surface area (Å²) in [5.74, 6) is 0.0347. The highest BCUT2D eigenvalue weighted by atomic mass is 36.0. The number of phenols is 1. The summed E-state index contributed by atoms with van der Waals surface area (Å²) >= 11 is 0. The fourth-order valence-electron chi connectivity index (χ4n) is 0.587. The number of carbonyl (C=O) groups excluding carboxylic acids is 1. The highest BCUT2D eigenvalue weighted by Gasteiger charge is 1.93. The van der Waals surface area contributed by atoms with Gasteiger partial charge in [0.1, 0.15) is 5.75 Å². The van der Waals surface area contributed by atoms with Crippen LogP contribution in [0.5, 0.6) is 5.75 Å². The van der Waals surface area contributed by atoms with Crippen LogP contribution in [0.1, 0.15) is 10.4 Å². The third kappa shape index (κ3) is 6.72. The highest BCUT2D eigenvalue weighted by Crippen LogP contribution is 2.11. The molecule has 1 aromatic rings. The van der Waals surface area contributed by atoms with Gasteiger partial charge in [0.2, 0.25) is 0 Å². The van der Waals surface area contributed by atoms with Crippen molar-refractivity contribution in [1.29, 1.82) is 0 Å². The molecule has 1 rings (SSSR count). The second-order valence-electron chi connectivity index (χ2n) is 1.86. The molecule has 0 saturated carbocycles. The highest BCUT2D eigenvalue weighted by molar-refractivity contribution is 8.31. The molecule has 0 heterocycles. The predicted molar refractivity (Wildman–Crippen MR) is 53.3 cm³/mol. The number of phenolic OH excluding ortho intramolecular Hbond substituents is 1. The molecule has 0 aromatic heterocycles. The SMILES string of the molecule is O=Cc1ccccc1O.[O-][S+](Cl)Cl. The molecule has 0 aliphatic heterocycles. The monoisotopic (exact) mass is 240 g/mol. The Balaban J connectivity index is 0.000000310. The quantitative estimate of drug-likeness (QED) is 0.605. The third-order valence-corrected chi connectivity index (χ3v) is 1.06. The lowest BCUT2D eigenvalue weighted by Crippen LogP contribution is -1.77. The Labute approximate surface area is 87.5 Å². The topological polar surface area (TPSA) is 60.4 Å². The lowest BCUT2D eigenvalue weighted by molar-refractivity contribution is 0.112. The lowest BCUT2D eigenvalue weighted by Gasteiger charge is -1.91. The summed E-state index contributed by atoms with van der Waals surface area (Å²) in [5.41, 5.74) is 0.331. The normalized spacial score (nSPS) is 8.92. The Kier molecular flexibility index (Phi) is 6.80.